The van der Waals surface area contributed by atoms with Crippen molar-refractivity contribution in [3.63, 3.8) is 0 Å². The number of thiazole rings is 1. The Bertz CT molecular complexity index is 1200. The number of nitrogens with one attached hydrogen (secondary N) is 1. The van der Waals surface area contributed by atoms with Crippen molar-refractivity contribution in [1.29, 1.82) is 0 Å². The molecule has 1 unspecified atom stereocenters. The maximum atomic E-state index is 13.7. The Morgan fingerprint density at radius 2 is 2.06 bits per heavy atom. The van der Waals surface area contributed by atoms with E-state index in [1.165, 1.54) is 37.1 Å². The zero-order valence-electron chi connectivity index (χ0n) is 17.4. The highest BCUT2D eigenvalue weighted by molar-refractivity contribution is 7.14. The van der Waals surface area contributed by atoms with Gasteiger partial charge in [0.2, 0.25) is 0 Å². The summed E-state index contributed by atoms with van der Waals surface area (Å²) in [7, 11) is 3.08. The number of likely N-dealkylation sites (N-methyl/N-ethyl adjacent to an activating group) is 1. The zero-order valence-corrected chi connectivity index (χ0v) is 18.2. The first kappa shape index (κ1) is 20.8. The Labute approximate surface area is 182 Å². The molecule has 1 aliphatic rings. The lowest BCUT2D eigenvalue weighted by molar-refractivity contribution is -0.144. The first-order chi connectivity index (χ1) is 14.7. The number of rotatable bonds is 4. The van der Waals surface area contributed by atoms with E-state index in [-0.39, 0.29) is 5.13 Å². The van der Waals surface area contributed by atoms with Crippen molar-refractivity contribution in [1.82, 2.24) is 4.98 Å². The smallest absolute Gasteiger partial charge is 0.280 e. The standard InChI is InChI=1S/C22H20FN3O4S/c1-12-5-7-18-16(9-12)26(3)20(28)22(2,30-18)19(27)25-21-24-15(11-31-21)14-10-13(23)6-8-17(14)29-4/h5-11H,1-4H3,(H,24,25,27). The average Bonchev–Trinajstić information content (AvgIpc) is 3.21. The van der Waals surface area contributed by atoms with Crippen LogP contribution in [-0.2, 0) is 9.59 Å². The Balaban J connectivity index is 1.60. The summed E-state index contributed by atoms with van der Waals surface area (Å²) in [6.07, 6.45) is 0. The molecule has 0 aliphatic carbocycles. The second kappa shape index (κ2) is 7.66. The predicted molar refractivity (Wildman–Crippen MR) is 116 cm³/mol. The molecule has 160 valence electrons. The maximum Gasteiger partial charge on any atom is 0.280 e. The molecule has 1 atom stereocenters. The van der Waals surface area contributed by atoms with Gasteiger partial charge in [-0.25, -0.2) is 9.37 Å². The van der Waals surface area contributed by atoms with Crippen molar-refractivity contribution >= 4 is 34.0 Å². The van der Waals surface area contributed by atoms with Crippen LogP contribution < -0.4 is 19.7 Å². The highest BCUT2D eigenvalue weighted by atomic mass is 32.1. The molecule has 7 nitrogen and oxygen atoms in total. The molecular formula is C22H20FN3O4S. The highest BCUT2D eigenvalue weighted by Gasteiger charge is 2.50. The molecule has 4 rings (SSSR count). The SMILES string of the molecule is COc1ccc(F)cc1-c1csc(NC(=O)C2(C)Oc3ccc(C)cc3N(C)C2=O)n1. The molecule has 0 saturated carbocycles. The van der Waals surface area contributed by atoms with E-state index in [9.17, 15) is 14.0 Å². The van der Waals surface area contributed by atoms with Crippen molar-refractivity contribution in [2.75, 3.05) is 24.4 Å². The van der Waals surface area contributed by atoms with E-state index in [2.05, 4.69) is 10.3 Å². The summed E-state index contributed by atoms with van der Waals surface area (Å²) in [5.74, 6) is -0.681. The number of aromatic nitrogens is 1. The molecule has 3 aromatic rings. The van der Waals surface area contributed by atoms with Gasteiger partial charge >= 0.3 is 0 Å². The number of halogens is 1. The van der Waals surface area contributed by atoms with E-state index in [0.717, 1.165) is 16.9 Å². The molecule has 1 aliphatic heterocycles. The van der Waals surface area contributed by atoms with Gasteiger partial charge in [0.15, 0.2) is 5.13 Å². The summed E-state index contributed by atoms with van der Waals surface area (Å²) in [4.78, 5) is 31.8. The van der Waals surface area contributed by atoms with Crippen LogP contribution in [0.1, 0.15) is 12.5 Å². The van der Waals surface area contributed by atoms with Crippen LogP contribution in [0.4, 0.5) is 15.2 Å². The Hall–Kier alpha value is -3.46. The number of anilines is 2. The largest absolute Gasteiger partial charge is 0.496 e. The van der Waals surface area contributed by atoms with Crippen molar-refractivity contribution in [2.24, 2.45) is 0 Å². The first-order valence-electron chi connectivity index (χ1n) is 9.41. The lowest BCUT2D eigenvalue weighted by atomic mass is 10.00. The third-order valence-corrected chi connectivity index (χ3v) is 5.86. The topological polar surface area (TPSA) is 80.8 Å². The normalized spacial score (nSPS) is 17.7. The number of ether oxygens (including phenoxy) is 2. The van der Waals surface area contributed by atoms with Crippen molar-refractivity contribution in [3.05, 3.63) is 53.2 Å². The summed E-state index contributed by atoms with van der Waals surface area (Å²) in [5, 5.41) is 4.57. The van der Waals surface area contributed by atoms with Gasteiger partial charge in [-0.05, 0) is 49.7 Å². The van der Waals surface area contributed by atoms with Crippen molar-refractivity contribution in [2.45, 2.75) is 19.4 Å². The summed E-state index contributed by atoms with van der Waals surface area (Å²) in [5.41, 5.74) is 0.706. The quantitative estimate of drug-likeness (QED) is 0.619. The molecule has 31 heavy (non-hydrogen) atoms. The van der Waals surface area contributed by atoms with E-state index in [4.69, 9.17) is 9.47 Å². The van der Waals surface area contributed by atoms with Gasteiger partial charge in [-0.1, -0.05) is 6.07 Å². The van der Waals surface area contributed by atoms with Crippen LogP contribution in [0.15, 0.2) is 41.8 Å². The van der Waals surface area contributed by atoms with Gasteiger partial charge in [-0.2, -0.15) is 0 Å². The fraction of sp³-hybridized carbons (Fsp3) is 0.227. The molecule has 9 heteroatoms. The molecule has 0 bridgehead atoms. The molecule has 1 N–H and O–H groups in total. The van der Waals surface area contributed by atoms with Crippen molar-refractivity contribution < 1.29 is 23.5 Å². The van der Waals surface area contributed by atoms with Gasteiger partial charge in [-0.3, -0.25) is 14.9 Å². The number of methoxy groups -OCH3 is 1. The van der Waals surface area contributed by atoms with Gasteiger partial charge in [0, 0.05) is 18.0 Å². The lowest BCUT2D eigenvalue weighted by Gasteiger charge is -2.37. The number of hydrogen-bond donors (Lipinski definition) is 1. The molecule has 2 heterocycles. The minimum absolute atomic E-state index is 0.251. The van der Waals surface area contributed by atoms with Crippen LogP contribution in [0.2, 0.25) is 0 Å². The van der Waals surface area contributed by atoms with E-state index >= 15 is 0 Å². The molecule has 0 saturated heterocycles. The number of carbonyl (C=O) groups excluding carboxylic acids is 2. The fourth-order valence-electron chi connectivity index (χ4n) is 3.36. The molecule has 0 spiro atoms. The van der Waals surface area contributed by atoms with Gasteiger partial charge in [0.25, 0.3) is 17.4 Å². The second-order valence-corrected chi connectivity index (χ2v) is 8.17. The summed E-state index contributed by atoms with van der Waals surface area (Å²) >= 11 is 1.15. The molecule has 2 amide bonds. The summed E-state index contributed by atoms with van der Waals surface area (Å²) in [6.45, 7) is 3.33. The molecule has 1 aromatic heterocycles. The van der Waals surface area contributed by atoms with Gasteiger partial charge in [0.05, 0.1) is 18.5 Å². The van der Waals surface area contributed by atoms with Gasteiger partial charge in [-0.15, -0.1) is 11.3 Å². The number of nitrogens with zero attached hydrogens (tertiary/aromatic N) is 2. The van der Waals surface area contributed by atoms with Crippen LogP contribution >= 0.6 is 11.3 Å². The number of amides is 2. The van der Waals surface area contributed by atoms with E-state index in [1.54, 1.807) is 18.5 Å². The number of benzene rings is 2. The lowest BCUT2D eigenvalue weighted by Crippen LogP contribution is -2.59. The Kier molecular flexibility index (Phi) is 5.14. The molecule has 0 radical (unpaired) electrons. The van der Waals surface area contributed by atoms with Crippen molar-refractivity contribution in [3.8, 4) is 22.8 Å². The van der Waals surface area contributed by atoms with Crippen LogP contribution in [0.3, 0.4) is 0 Å². The van der Waals surface area contributed by atoms with Crippen LogP contribution in [-0.4, -0.2) is 36.6 Å². The fourth-order valence-corrected chi connectivity index (χ4v) is 4.07. The van der Waals surface area contributed by atoms with Crippen LogP contribution in [0, 0.1) is 12.7 Å². The minimum Gasteiger partial charge on any atom is -0.496 e. The summed E-state index contributed by atoms with van der Waals surface area (Å²) < 4.78 is 24.8. The van der Waals surface area contributed by atoms with Gasteiger partial charge < -0.3 is 14.4 Å². The monoisotopic (exact) mass is 441 g/mol. The van der Waals surface area contributed by atoms with E-state index < -0.39 is 23.2 Å². The third-order valence-electron chi connectivity index (χ3n) is 5.10. The number of hydrogen-bond acceptors (Lipinski definition) is 6. The second-order valence-electron chi connectivity index (χ2n) is 7.31. The van der Waals surface area contributed by atoms with Crippen LogP contribution in [0.5, 0.6) is 11.5 Å². The van der Waals surface area contributed by atoms with Gasteiger partial charge in [0.1, 0.15) is 17.3 Å². The van der Waals surface area contributed by atoms with E-state index in [0.29, 0.717) is 28.4 Å². The average molecular weight is 441 g/mol. The minimum atomic E-state index is -1.76. The van der Waals surface area contributed by atoms with Crippen LogP contribution in [0.25, 0.3) is 11.3 Å². The summed E-state index contributed by atoms with van der Waals surface area (Å²) in [6, 6.07) is 9.51. The Morgan fingerprint density at radius 1 is 1.29 bits per heavy atom. The third kappa shape index (κ3) is 3.61. The predicted octanol–water partition coefficient (Wildman–Crippen LogP) is 4.02. The number of carbonyl (C=O) groups is 2. The highest BCUT2D eigenvalue weighted by Crippen LogP contribution is 2.38. The maximum absolute atomic E-state index is 13.7. The molecular weight excluding hydrogens is 421 g/mol. The number of aryl methyl sites for hydroxylation is 1. The molecule has 2 aromatic carbocycles. The Morgan fingerprint density at radius 3 is 2.81 bits per heavy atom. The zero-order chi connectivity index (χ0) is 22.3. The number of fused-ring (bicyclic) bond motifs is 1. The molecule has 0 fully saturated rings. The van der Waals surface area contributed by atoms with E-state index in [1.807, 2.05) is 19.1 Å². The first-order valence-corrected chi connectivity index (χ1v) is 10.3.